The fourth-order valence-electron chi connectivity index (χ4n) is 3.51. The molecule has 2 N–H and O–H groups in total. The molecule has 2 aromatic heterocycles. The van der Waals surface area contributed by atoms with Crippen LogP contribution in [0.2, 0.25) is 0 Å². The summed E-state index contributed by atoms with van der Waals surface area (Å²) in [5, 5.41) is 2.77. The molecule has 0 unspecified atom stereocenters. The normalized spacial score (nSPS) is 14.1. The van der Waals surface area contributed by atoms with Crippen LogP contribution in [0.1, 0.15) is 23.7 Å². The zero-order valence-corrected chi connectivity index (χ0v) is 16.2. The molecule has 0 aliphatic carbocycles. The molecule has 1 aliphatic heterocycles. The number of anilines is 1. The fourth-order valence-corrected chi connectivity index (χ4v) is 3.51. The van der Waals surface area contributed by atoms with Crippen molar-refractivity contribution in [3.63, 3.8) is 0 Å². The molecule has 3 aromatic rings. The first-order chi connectivity index (χ1) is 14.1. The Kier molecular flexibility index (Phi) is 5.44. The summed E-state index contributed by atoms with van der Waals surface area (Å²) in [7, 11) is 0. The fraction of sp³-hybridized carbons (Fsp3) is 0.286. The third-order valence-corrected chi connectivity index (χ3v) is 4.93. The van der Waals surface area contributed by atoms with Crippen LogP contribution in [0.5, 0.6) is 0 Å². The van der Waals surface area contributed by atoms with E-state index in [-0.39, 0.29) is 11.5 Å². The van der Waals surface area contributed by atoms with Crippen molar-refractivity contribution in [1.82, 2.24) is 24.8 Å². The van der Waals surface area contributed by atoms with Crippen LogP contribution < -0.4 is 10.9 Å². The molecule has 148 valence electrons. The van der Waals surface area contributed by atoms with Crippen LogP contribution in [0.3, 0.4) is 0 Å². The van der Waals surface area contributed by atoms with Crippen molar-refractivity contribution in [3.8, 4) is 11.5 Å². The van der Waals surface area contributed by atoms with Gasteiger partial charge in [0.2, 0.25) is 5.91 Å². The van der Waals surface area contributed by atoms with Gasteiger partial charge in [-0.1, -0.05) is 12.1 Å². The summed E-state index contributed by atoms with van der Waals surface area (Å²) in [5.74, 6) is 0.380. The van der Waals surface area contributed by atoms with Gasteiger partial charge in [0, 0.05) is 56.6 Å². The maximum atomic E-state index is 12.6. The number of hydrogen-bond donors (Lipinski definition) is 2. The van der Waals surface area contributed by atoms with E-state index in [0.717, 1.165) is 42.1 Å². The van der Waals surface area contributed by atoms with E-state index in [2.05, 4.69) is 30.2 Å². The first kappa shape index (κ1) is 18.9. The van der Waals surface area contributed by atoms with Gasteiger partial charge in [0.1, 0.15) is 5.69 Å². The number of aromatic amines is 1. The predicted octanol–water partition coefficient (Wildman–Crippen LogP) is 1.79. The van der Waals surface area contributed by atoms with Crippen LogP contribution in [-0.4, -0.2) is 43.8 Å². The highest BCUT2D eigenvalue weighted by Crippen LogP contribution is 2.17. The molecule has 3 heterocycles. The number of amides is 1. The summed E-state index contributed by atoms with van der Waals surface area (Å²) in [5.41, 5.74) is 3.99. The summed E-state index contributed by atoms with van der Waals surface area (Å²) in [6.45, 7) is 3.88. The average molecular weight is 390 g/mol. The number of H-pyrrole nitrogens is 1. The Morgan fingerprint density at radius 2 is 1.97 bits per heavy atom. The van der Waals surface area contributed by atoms with E-state index >= 15 is 0 Å². The molecule has 29 heavy (non-hydrogen) atoms. The number of rotatable bonds is 4. The number of nitrogens with zero attached hydrogens (tertiary/aromatic N) is 4. The minimum atomic E-state index is -0.0998. The van der Waals surface area contributed by atoms with Gasteiger partial charge in [-0.2, -0.15) is 0 Å². The van der Waals surface area contributed by atoms with Crippen molar-refractivity contribution in [2.45, 2.75) is 26.3 Å². The summed E-state index contributed by atoms with van der Waals surface area (Å²) in [6.07, 6.45) is 6.13. The van der Waals surface area contributed by atoms with Gasteiger partial charge in [0.15, 0.2) is 5.82 Å². The quantitative estimate of drug-likeness (QED) is 0.704. The van der Waals surface area contributed by atoms with E-state index in [0.29, 0.717) is 24.4 Å². The zero-order valence-electron chi connectivity index (χ0n) is 16.2. The first-order valence-electron chi connectivity index (χ1n) is 9.56. The second-order valence-corrected chi connectivity index (χ2v) is 7.08. The maximum Gasteiger partial charge on any atom is 0.254 e. The van der Waals surface area contributed by atoms with Gasteiger partial charge in [-0.25, -0.2) is 9.97 Å². The Hall–Kier alpha value is -3.39. The Morgan fingerprint density at radius 3 is 2.69 bits per heavy atom. The SMILES string of the molecule is CC(=O)Nc1ccc(CN2CCc3nc(-c4cnccn4)[nH]c(=O)c3CC2)cc1. The lowest BCUT2D eigenvalue weighted by atomic mass is 10.1. The van der Waals surface area contributed by atoms with Gasteiger partial charge in [0.05, 0.1) is 11.9 Å². The molecule has 0 radical (unpaired) electrons. The molecule has 1 aliphatic rings. The number of fused-ring (bicyclic) bond motifs is 1. The summed E-state index contributed by atoms with van der Waals surface area (Å²) < 4.78 is 0. The van der Waals surface area contributed by atoms with Crippen LogP contribution >= 0.6 is 0 Å². The molecule has 8 heteroatoms. The zero-order chi connectivity index (χ0) is 20.2. The molecule has 4 rings (SSSR count). The lowest BCUT2D eigenvalue weighted by molar-refractivity contribution is -0.114. The average Bonchev–Trinajstić information content (AvgIpc) is 2.92. The van der Waals surface area contributed by atoms with E-state index in [1.807, 2.05) is 24.3 Å². The van der Waals surface area contributed by atoms with E-state index in [9.17, 15) is 9.59 Å². The van der Waals surface area contributed by atoms with Crippen molar-refractivity contribution in [3.05, 3.63) is 70.0 Å². The van der Waals surface area contributed by atoms with E-state index in [4.69, 9.17) is 0 Å². The number of carbonyl (C=O) groups excluding carboxylic acids is 1. The molecule has 0 atom stereocenters. The Bertz CT molecular complexity index is 1060. The van der Waals surface area contributed by atoms with Crippen LogP contribution in [-0.2, 0) is 24.2 Å². The van der Waals surface area contributed by atoms with Gasteiger partial charge in [-0.15, -0.1) is 0 Å². The van der Waals surface area contributed by atoms with Gasteiger partial charge < -0.3 is 10.3 Å². The molecule has 8 nitrogen and oxygen atoms in total. The first-order valence-corrected chi connectivity index (χ1v) is 9.56. The number of nitrogens with one attached hydrogen (secondary N) is 2. The molecular weight excluding hydrogens is 368 g/mol. The summed E-state index contributed by atoms with van der Waals surface area (Å²) >= 11 is 0. The number of aromatic nitrogens is 4. The van der Waals surface area contributed by atoms with E-state index in [1.54, 1.807) is 18.6 Å². The van der Waals surface area contributed by atoms with Gasteiger partial charge in [-0.3, -0.25) is 19.5 Å². The van der Waals surface area contributed by atoms with Crippen LogP contribution in [0.4, 0.5) is 5.69 Å². The molecule has 0 bridgehead atoms. The van der Waals surface area contributed by atoms with Crippen molar-refractivity contribution in [2.24, 2.45) is 0 Å². The Balaban J connectivity index is 1.47. The van der Waals surface area contributed by atoms with Crippen LogP contribution in [0.25, 0.3) is 11.5 Å². The summed E-state index contributed by atoms with van der Waals surface area (Å²) in [4.78, 5) is 41.8. The minimum absolute atomic E-state index is 0.0818. The van der Waals surface area contributed by atoms with Gasteiger partial charge >= 0.3 is 0 Å². The number of hydrogen-bond acceptors (Lipinski definition) is 6. The van der Waals surface area contributed by atoms with Gasteiger partial charge in [-0.05, 0) is 24.1 Å². The monoisotopic (exact) mass is 390 g/mol. The van der Waals surface area contributed by atoms with Crippen LogP contribution in [0.15, 0.2) is 47.7 Å². The molecule has 0 saturated heterocycles. The van der Waals surface area contributed by atoms with Crippen LogP contribution in [0, 0.1) is 0 Å². The molecule has 0 fully saturated rings. The maximum absolute atomic E-state index is 12.6. The molecular formula is C21H22N6O2. The Morgan fingerprint density at radius 1 is 1.17 bits per heavy atom. The van der Waals surface area contributed by atoms with Gasteiger partial charge in [0.25, 0.3) is 5.56 Å². The highest BCUT2D eigenvalue weighted by atomic mass is 16.1. The lowest BCUT2D eigenvalue weighted by Gasteiger charge is -2.19. The topological polar surface area (TPSA) is 104 Å². The number of benzene rings is 1. The predicted molar refractivity (Wildman–Crippen MR) is 109 cm³/mol. The largest absolute Gasteiger partial charge is 0.326 e. The molecule has 0 saturated carbocycles. The second kappa shape index (κ2) is 8.32. The highest BCUT2D eigenvalue weighted by molar-refractivity contribution is 5.88. The third-order valence-electron chi connectivity index (χ3n) is 4.93. The highest BCUT2D eigenvalue weighted by Gasteiger charge is 2.19. The minimum Gasteiger partial charge on any atom is -0.326 e. The Labute approximate surface area is 168 Å². The smallest absolute Gasteiger partial charge is 0.254 e. The standard InChI is InChI=1S/C21H22N6O2/c1-14(28)24-16-4-2-15(3-5-16)13-27-10-6-17-18(7-11-27)25-20(26-21(17)29)19-12-22-8-9-23-19/h2-5,8-9,12H,6-7,10-11,13H2,1H3,(H,24,28)(H,25,26,29). The van der Waals surface area contributed by atoms with Crippen molar-refractivity contribution >= 4 is 11.6 Å². The van der Waals surface area contributed by atoms with Crippen molar-refractivity contribution in [1.29, 1.82) is 0 Å². The van der Waals surface area contributed by atoms with Crippen molar-refractivity contribution < 1.29 is 4.79 Å². The molecule has 0 spiro atoms. The number of carbonyl (C=O) groups is 1. The van der Waals surface area contributed by atoms with E-state index in [1.165, 1.54) is 6.92 Å². The third kappa shape index (κ3) is 4.55. The summed E-state index contributed by atoms with van der Waals surface area (Å²) in [6, 6.07) is 7.84. The van der Waals surface area contributed by atoms with E-state index < -0.39 is 0 Å². The molecule has 1 aromatic carbocycles. The second-order valence-electron chi connectivity index (χ2n) is 7.08. The van der Waals surface area contributed by atoms with Crippen molar-refractivity contribution in [2.75, 3.05) is 18.4 Å². The lowest BCUT2D eigenvalue weighted by Crippen LogP contribution is -2.26. The molecule has 1 amide bonds.